The molecule has 1 unspecified atom stereocenters. The van der Waals surface area contributed by atoms with E-state index in [2.05, 4.69) is 25.8 Å². The fourth-order valence-corrected chi connectivity index (χ4v) is 4.22. The standard InChI is InChI=1S/C22H21ClN6O2S/c1-3-24-21(31)26-20(30)13(2)32-22-28-27-19(29(22)15-10-8-14(23)9-11-15)17-12-25-18-7-5-4-6-16(17)18/h4-13,25H,3H2,1-2H3,(H2,24,26,30,31). The van der Waals surface area contributed by atoms with E-state index in [1.54, 1.807) is 26.0 Å². The molecule has 164 valence electrons. The van der Waals surface area contributed by atoms with E-state index in [-0.39, 0.29) is 0 Å². The van der Waals surface area contributed by atoms with Crippen LogP contribution >= 0.6 is 23.4 Å². The Kier molecular flexibility index (Phi) is 6.48. The van der Waals surface area contributed by atoms with Gasteiger partial charge >= 0.3 is 6.03 Å². The molecule has 1 atom stereocenters. The number of carbonyl (C=O) groups excluding carboxylic acids is 2. The zero-order valence-electron chi connectivity index (χ0n) is 17.4. The van der Waals surface area contributed by atoms with E-state index in [9.17, 15) is 9.59 Å². The van der Waals surface area contributed by atoms with Crippen LogP contribution in [0.5, 0.6) is 0 Å². The predicted octanol–water partition coefficient (Wildman–Crippen LogP) is 4.40. The van der Waals surface area contributed by atoms with Crippen molar-refractivity contribution in [2.24, 2.45) is 0 Å². The average Bonchev–Trinajstić information content (AvgIpc) is 3.38. The van der Waals surface area contributed by atoms with Gasteiger partial charge in [-0.05, 0) is 44.2 Å². The van der Waals surface area contributed by atoms with Gasteiger partial charge in [0.25, 0.3) is 0 Å². The van der Waals surface area contributed by atoms with Crippen LogP contribution in [0.2, 0.25) is 5.02 Å². The number of para-hydroxylation sites is 1. The molecule has 0 aliphatic carbocycles. The Morgan fingerprint density at radius 1 is 1.16 bits per heavy atom. The summed E-state index contributed by atoms with van der Waals surface area (Å²) in [6.07, 6.45) is 1.89. The first-order valence-electron chi connectivity index (χ1n) is 10.0. The summed E-state index contributed by atoms with van der Waals surface area (Å²) < 4.78 is 1.88. The predicted molar refractivity (Wildman–Crippen MR) is 126 cm³/mol. The molecular formula is C22H21ClN6O2S. The van der Waals surface area contributed by atoms with E-state index in [1.165, 1.54) is 11.8 Å². The van der Waals surface area contributed by atoms with E-state index >= 15 is 0 Å². The van der Waals surface area contributed by atoms with Crippen molar-refractivity contribution in [3.63, 3.8) is 0 Å². The van der Waals surface area contributed by atoms with Crippen molar-refractivity contribution in [3.8, 4) is 17.1 Å². The van der Waals surface area contributed by atoms with Gasteiger partial charge in [0, 0.05) is 39.9 Å². The molecule has 2 aromatic heterocycles. The molecule has 0 saturated carbocycles. The minimum absolute atomic E-state index is 0.416. The van der Waals surface area contributed by atoms with Gasteiger partial charge in [0.15, 0.2) is 11.0 Å². The van der Waals surface area contributed by atoms with Gasteiger partial charge in [-0.15, -0.1) is 10.2 Å². The van der Waals surface area contributed by atoms with Crippen molar-refractivity contribution >= 4 is 46.2 Å². The van der Waals surface area contributed by atoms with Gasteiger partial charge in [-0.3, -0.25) is 14.7 Å². The van der Waals surface area contributed by atoms with Gasteiger partial charge in [0.2, 0.25) is 5.91 Å². The van der Waals surface area contributed by atoms with Crippen molar-refractivity contribution in [1.29, 1.82) is 0 Å². The number of rotatable bonds is 6. The van der Waals surface area contributed by atoms with Crippen LogP contribution in [-0.4, -0.2) is 43.5 Å². The molecule has 0 spiro atoms. The van der Waals surface area contributed by atoms with Crippen LogP contribution in [0.15, 0.2) is 59.9 Å². The van der Waals surface area contributed by atoms with Gasteiger partial charge in [-0.25, -0.2) is 4.79 Å². The van der Waals surface area contributed by atoms with Crippen LogP contribution in [0.1, 0.15) is 13.8 Å². The summed E-state index contributed by atoms with van der Waals surface area (Å²) in [7, 11) is 0. The summed E-state index contributed by atoms with van der Waals surface area (Å²) in [5.74, 6) is 0.212. The Morgan fingerprint density at radius 2 is 1.91 bits per heavy atom. The number of imide groups is 1. The summed E-state index contributed by atoms with van der Waals surface area (Å²) in [5, 5.41) is 15.2. The summed E-state index contributed by atoms with van der Waals surface area (Å²) in [6, 6.07) is 14.7. The lowest BCUT2D eigenvalue weighted by Gasteiger charge is -2.13. The average molecular weight is 469 g/mol. The lowest BCUT2D eigenvalue weighted by Crippen LogP contribution is -2.42. The second-order valence-electron chi connectivity index (χ2n) is 6.97. The number of hydrogen-bond acceptors (Lipinski definition) is 5. The first-order chi connectivity index (χ1) is 15.5. The summed E-state index contributed by atoms with van der Waals surface area (Å²) >= 11 is 7.30. The zero-order valence-corrected chi connectivity index (χ0v) is 19.0. The van der Waals surface area contributed by atoms with Crippen LogP contribution in [-0.2, 0) is 4.79 Å². The van der Waals surface area contributed by atoms with E-state index in [0.29, 0.717) is 22.5 Å². The highest BCUT2D eigenvalue weighted by atomic mass is 35.5. The lowest BCUT2D eigenvalue weighted by molar-refractivity contribution is -0.119. The fraction of sp³-hybridized carbons (Fsp3) is 0.182. The molecule has 0 fully saturated rings. The second-order valence-corrected chi connectivity index (χ2v) is 8.72. The largest absolute Gasteiger partial charge is 0.360 e. The number of thioether (sulfide) groups is 1. The molecule has 4 rings (SSSR count). The third-order valence-corrected chi connectivity index (χ3v) is 6.07. The molecule has 10 heteroatoms. The number of aromatic nitrogens is 4. The van der Waals surface area contributed by atoms with Crippen molar-refractivity contribution in [2.75, 3.05) is 6.54 Å². The normalized spacial score (nSPS) is 12.0. The number of amides is 3. The highest BCUT2D eigenvalue weighted by Gasteiger charge is 2.24. The number of nitrogens with one attached hydrogen (secondary N) is 3. The molecule has 8 nitrogen and oxygen atoms in total. The van der Waals surface area contributed by atoms with Gasteiger partial charge in [-0.1, -0.05) is 41.6 Å². The number of H-pyrrole nitrogens is 1. The van der Waals surface area contributed by atoms with Gasteiger partial charge in [0.1, 0.15) is 0 Å². The highest BCUT2D eigenvalue weighted by Crippen LogP contribution is 2.33. The van der Waals surface area contributed by atoms with Crippen molar-refractivity contribution < 1.29 is 9.59 Å². The van der Waals surface area contributed by atoms with E-state index < -0.39 is 17.2 Å². The number of urea groups is 1. The Morgan fingerprint density at radius 3 is 2.66 bits per heavy atom. The summed E-state index contributed by atoms with van der Waals surface area (Å²) in [6.45, 7) is 3.92. The quantitative estimate of drug-likeness (QED) is 0.364. The Hall–Kier alpha value is -3.30. The first-order valence-corrected chi connectivity index (χ1v) is 11.3. The van der Waals surface area contributed by atoms with Crippen molar-refractivity contribution in [2.45, 2.75) is 24.3 Å². The maximum absolute atomic E-state index is 12.5. The number of nitrogens with zero attached hydrogens (tertiary/aromatic N) is 3. The van der Waals surface area contributed by atoms with Crippen molar-refractivity contribution in [1.82, 2.24) is 30.4 Å². The second kappa shape index (κ2) is 9.46. The molecule has 3 N–H and O–H groups in total. The van der Waals surface area contributed by atoms with Gasteiger partial charge in [0.05, 0.1) is 5.25 Å². The number of fused-ring (bicyclic) bond motifs is 1. The van der Waals surface area contributed by atoms with E-state index in [1.807, 2.05) is 47.2 Å². The molecule has 2 aromatic carbocycles. The number of carbonyl (C=O) groups is 2. The van der Waals surface area contributed by atoms with Crippen LogP contribution in [0.3, 0.4) is 0 Å². The van der Waals surface area contributed by atoms with E-state index in [0.717, 1.165) is 22.2 Å². The number of halogens is 1. The Balaban J connectivity index is 1.72. The third kappa shape index (κ3) is 4.49. The SMILES string of the molecule is CCNC(=O)NC(=O)C(C)Sc1nnc(-c2c[nH]c3ccccc23)n1-c1ccc(Cl)cc1. The molecule has 4 aromatic rings. The topological polar surface area (TPSA) is 105 Å². The molecule has 0 radical (unpaired) electrons. The zero-order chi connectivity index (χ0) is 22.7. The van der Waals surface area contributed by atoms with Gasteiger partial charge in [-0.2, -0.15) is 0 Å². The molecule has 0 aliphatic rings. The number of hydrogen-bond donors (Lipinski definition) is 3. The third-order valence-electron chi connectivity index (χ3n) is 4.77. The highest BCUT2D eigenvalue weighted by molar-refractivity contribution is 8.00. The molecule has 2 heterocycles. The molecule has 0 aliphatic heterocycles. The molecule has 0 saturated heterocycles. The minimum atomic E-state index is -0.580. The lowest BCUT2D eigenvalue weighted by atomic mass is 10.1. The number of aromatic amines is 1. The van der Waals surface area contributed by atoms with Crippen LogP contribution in [0, 0.1) is 0 Å². The molecule has 3 amide bonds. The van der Waals surface area contributed by atoms with Crippen LogP contribution in [0.4, 0.5) is 4.79 Å². The summed E-state index contributed by atoms with van der Waals surface area (Å²) in [5.41, 5.74) is 2.67. The smallest absolute Gasteiger partial charge is 0.321 e. The van der Waals surface area contributed by atoms with E-state index in [4.69, 9.17) is 11.6 Å². The maximum Gasteiger partial charge on any atom is 0.321 e. The minimum Gasteiger partial charge on any atom is -0.360 e. The Bertz CT molecular complexity index is 1270. The molecular weight excluding hydrogens is 448 g/mol. The van der Waals surface area contributed by atoms with Gasteiger partial charge < -0.3 is 10.3 Å². The number of benzene rings is 2. The Labute approximate surface area is 193 Å². The molecule has 0 bridgehead atoms. The van der Waals surface area contributed by atoms with Crippen LogP contribution < -0.4 is 10.6 Å². The van der Waals surface area contributed by atoms with Crippen molar-refractivity contribution in [3.05, 3.63) is 59.8 Å². The molecule has 32 heavy (non-hydrogen) atoms. The van der Waals surface area contributed by atoms with Crippen LogP contribution in [0.25, 0.3) is 28.0 Å². The monoisotopic (exact) mass is 468 g/mol. The fourth-order valence-electron chi connectivity index (χ4n) is 3.23. The first kappa shape index (κ1) is 21.9. The summed E-state index contributed by atoms with van der Waals surface area (Å²) in [4.78, 5) is 27.4. The maximum atomic E-state index is 12.5.